The lowest BCUT2D eigenvalue weighted by molar-refractivity contribution is 0.108. The van der Waals surface area contributed by atoms with Crippen molar-refractivity contribution in [3.63, 3.8) is 0 Å². The van der Waals surface area contributed by atoms with Crippen LogP contribution in [0.5, 0.6) is 0 Å². The van der Waals surface area contributed by atoms with E-state index in [1.54, 1.807) is 7.05 Å². The highest BCUT2D eigenvalue weighted by atomic mass is 32.2. The standard InChI is InChI=1S/C9H11NOS/c1-7-5-3-4-6-8(7)9(11)12-10-2/h3-6,10H,1-2H3. The van der Waals surface area contributed by atoms with Crippen LogP contribution in [-0.4, -0.2) is 12.2 Å². The summed E-state index contributed by atoms with van der Waals surface area (Å²) in [5, 5.41) is 0.0654. The van der Waals surface area contributed by atoms with Crippen molar-refractivity contribution in [2.24, 2.45) is 0 Å². The first-order chi connectivity index (χ1) is 5.75. The predicted octanol–water partition coefficient (Wildman–Crippen LogP) is 2.00. The van der Waals surface area contributed by atoms with Gasteiger partial charge in [0.15, 0.2) is 0 Å². The third kappa shape index (κ3) is 2.09. The van der Waals surface area contributed by atoms with Crippen LogP contribution >= 0.6 is 11.9 Å². The van der Waals surface area contributed by atoms with Gasteiger partial charge < -0.3 is 0 Å². The summed E-state index contributed by atoms with van der Waals surface area (Å²) in [5.41, 5.74) is 1.79. The van der Waals surface area contributed by atoms with Crippen LogP contribution in [0, 0.1) is 6.92 Å². The Labute approximate surface area is 76.5 Å². The second-order valence-electron chi connectivity index (χ2n) is 2.41. The van der Waals surface area contributed by atoms with E-state index in [0.717, 1.165) is 23.1 Å². The van der Waals surface area contributed by atoms with E-state index < -0.39 is 0 Å². The molecule has 0 aromatic heterocycles. The highest BCUT2D eigenvalue weighted by molar-refractivity contribution is 8.12. The van der Waals surface area contributed by atoms with Crippen molar-refractivity contribution < 1.29 is 4.79 Å². The van der Waals surface area contributed by atoms with E-state index in [0.29, 0.717) is 0 Å². The van der Waals surface area contributed by atoms with Crippen molar-refractivity contribution in [1.82, 2.24) is 4.72 Å². The summed E-state index contributed by atoms with van der Waals surface area (Å²) < 4.78 is 2.76. The molecule has 1 aromatic rings. The largest absolute Gasteiger partial charge is 0.280 e. The molecule has 1 aromatic carbocycles. The third-order valence-corrected chi connectivity index (χ3v) is 2.17. The van der Waals surface area contributed by atoms with Gasteiger partial charge in [-0.25, -0.2) is 0 Å². The van der Waals surface area contributed by atoms with Crippen molar-refractivity contribution in [2.45, 2.75) is 6.92 Å². The Balaban J connectivity index is 2.87. The lowest BCUT2D eigenvalue weighted by atomic mass is 10.1. The van der Waals surface area contributed by atoms with Crippen LogP contribution in [0.25, 0.3) is 0 Å². The molecule has 1 N–H and O–H groups in total. The van der Waals surface area contributed by atoms with Gasteiger partial charge in [-0.2, -0.15) is 0 Å². The minimum absolute atomic E-state index is 0.0654. The monoisotopic (exact) mass is 181 g/mol. The maximum Gasteiger partial charge on any atom is 0.234 e. The van der Waals surface area contributed by atoms with Crippen LogP contribution in [-0.2, 0) is 0 Å². The highest BCUT2D eigenvalue weighted by Gasteiger charge is 2.06. The molecular formula is C9H11NOS. The summed E-state index contributed by atoms with van der Waals surface area (Å²) in [6.07, 6.45) is 0. The maximum absolute atomic E-state index is 11.4. The number of benzene rings is 1. The first-order valence-corrected chi connectivity index (χ1v) is 4.51. The second-order valence-corrected chi connectivity index (χ2v) is 3.39. The minimum Gasteiger partial charge on any atom is -0.280 e. The molecular weight excluding hydrogens is 170 g/mol. The Bertz CT molecular complexity index is 286. The zero-order valence-corrected chi connectivity index (χ0v) is 7.94. The Morgan fingerprint density at radius 1 is 1.42 bits per heavy atom. The molecule has 0 saturated carbocycles. The second kappa shape index (κ2) is 4.28. The average Bonchev–Trinajstić information content (AvgIpc) is 2.05. The quantitative estimate of drug-likeness (QED) is 0.707. The SMILES string of the molecule is CNSC(=O)c1ccccc1C. The fourth-order valence-corrected chi connectivity index (χ4v) is 1.47. The van der Waals surface area contributed by atoms with Gasteiger partial charge in [0.05, 0.1) is 0 Å². The van der Waals surface area contributed by atoms with Crippen LogP contribution < -0.4 is 4.72 Å². The third-order valence-electron chi connectivity index (χ3n) is 1.56. The Hall–Kier alpha value is -0.800. The summed E-state index contributed by atoms with van der Waals surface area (Å²) >= 11 is 1.11. The van der Waals surface area contributed by atoms with E-state index >= 15 is 0 Å². The minimum atomic E-state index is 0.0654. The molecule has 2 nitrogen and oxygen atoms in total. The van der Waals surface area contributed by atoms with E-state index in [-0.39, 0.29) is 5.12 Å². The van der Waals surface area contributed by atoms with Crippen molar-refractivity contribution in [2.75, 3.05) is 7.05 Å². The van der Waals surface area contributed by atoms with Crippen molar-refractivity contribution in [1.29, 1.82) is 0 Å². The van der Waals surface area contributed by atoms with E-state index in [4.69, 9.17) is 0 Å². The molecule has 0 radical (unpaired) electrons. The number of aryl methyl sites for hydroxylation is 1. The predicted molar refractivity (Wildman–Crippen MR) is 52.2 cm³/mol. The highest BCUT2D eigenvalue weighted by Crippen LogP contribution is 2.12. The maximum atomic E-state index is 11.4. The fourth-order valence-electron chi connectivity index (χ4n) is 0.950. The molecule has 1 rings (SSSR count). The van der Waals surface area contributed by atoms with Gasteiger partial charge in [-0.15, -0.1) is 0 Å². The molecule has 0 aliphatic heterocycles. The molecule has 0 aliphatic carbocycles. The lowest BCUT2D eigenvalue weighted by Gasteiger charge is -2.01. The zero-order chi connectivity index (χ0) is 8.97. The van der Waals surface area contributed by atoms with Crippen LogP contribution in [0.15, 0.2) is 24.3 Å². The number of hydrogen-bond donors (Lipinski definition) is 1. The molecule has 3 heteroatoms. The molecule has 12 heavy (non-hydrogen) atoms. The molecule has 64 valence electrons. The van der Waals surface area contributed by atoms with Gasteiger partial charge in [0, 0.05) is 5.56 Å². The van der Waals surface area contributed by atoms with Gasteiger partial charge in [-0.1, -0.05) is 24.3 Å². The number of carbonyl (C=O) groups is 1. The van der Waals surface area contributed by atoms with E-state index in [1.165, 1.54) is 0 Å². The summed E-state index contributed by atoms with van der Waals surface area (Å²) in [7, 11) is 1.74. The van der Waals surface area contributed by atoms with Crippen LogP contribution in [0.4, 0.5) is 0 Å². The Morgan fingerprint density at radius 2 is 2.08 bits per heavy atom. The van der Waals surface area contributed by atoms with Crippen molar-refractivity contribution >= 4 is 17.1 Å². The zero-order valence-electron chi connectivity index (χ0n) is 7.13. The van der Waals surface area contributed by atoms with Gasteiger partial charge in [0.25, 0.3) is 0 Å². The van der Waals surface area contributed by atoms with Gasteiger partial charge >= 0.3 is 0 Å². The number of rotatable bonds is 2. The summed E-state index contributed by atoms with van der Waals surface area (Å²) in [6.45, 7) is 1.93. The van der Waals surface area contributed by atoms with E-state index in [9.17, 15) is 4.79 Å². The number of nitrogens with one attached hydrogen (secondary N) is 1. The van der Waals surface area contributed by atoms with Gasteiger partial charge in [-0.3, -0.25) is 9.52 Å². The summed E-state index contributed by atoms with van der Waals surface area (Å²) in [4.78, 5) is 11.4. The first-order valence-electron chi connectivity index (χ1n) is 3.69. The molecule has 0 unspecified atom stereocenters. The first kappa shape index (κ1) is 9.29. The number of carbonyl (C=O) groups excluding carboxylic acids is 1. The molecule has 0 saturated heterocycles. The molecule has 0 heterocycles. The molecule has 0 spiro atoms. The summed E-state index contributed by atoms with van der Waals surface area (Å²) in [6, 6.07) is 7.57. The van der Waals surface area contributed by atoms with Gasteiger partial charge in [-0.05, 0) is 31.5 Å². The molecule has 0 bridgehead atoms. The number of hydrogen-bond acceptors (Lipinski definition) is 3. The van der Waals surface area contributed by atoms with Crippen LogP contribution in [0.3, 0.4) is 0 Å². The van der Waals surface area contributed by atoms with Crippen molar-refractivity contribution in [3.05, 3.63) is 35.4 Å². The van der Waals surface area contributed by atoms with Crippen LogP contribution in [0.2, 0.25) is 0 Å². The van der Waals surface area contributed by atoms with Gasteiger partial charge in [0.2, 0.25) is 5.12 Å². The van der Waals surface area contributed by atoms with Gasteiger partial charge in [0.1, 0.15) is 0 Å². The normalized spacial score (nSPS) is 9.83. The molecule has 0 atom stereocenters. The van der Waals surface area contributed by atoms with E-state index in [2.05, 4.69) is 4.72 Å². The molecule has 0 fully saturated rings. The van der Waals surface area contributed by atoms with Crippen molar-refractivity contribution in [3.8, 4) is 0 Å². The Morgan fingerprint density at radius 3 is 2.67 bits per heavy atom. The summed E-state index contributed by atoms with van der Waals surface area (Å²) in [5.74, 6) is 0. The molecule has 0 aliphatic rings. The lowest BCUT2D eigenvalue weighted by Crippen LogP contribution is -2.03. The average molecular weight is 181 g/mol. The smallest absolute Gasteiger partial charge is 0.234 e. The Kier molecular flexibility index (Phi) is 3.31. The molecule has 0 amide bonds. The fraction of sp³-hybridized carbons (Fsp3) is 0.222. The van der Waals surface area contributed by atoms with E-state index in [1.807, 2.05) is 31.2 Å². The topological polar surface area (TPSA) is 29.1 Å². The van der Waals surface area contributed by atoms with Crippen LogP contribution in [0.1, 0.15) is 15.9 Å².